The summed E-state index contributed by atoms with van der Waals surface area (Å²) in [4.78, 5) is 25.0. The van der Waals surface area contributed by atoms with Gasteiger partial charge in [0, 0.05) is 0 Å². The average Bonchev–Trinajstić information content (AvgIpc) is 2.18. The Hall–Kier alpha value is -1.26. The second-order valence-corrected chi connectivity index (χ2v) is 1.54. The normalized spacial score (nSPS) is 6.00. The van der Waals surface area contributed by atoms with Gasteiger partial charge in [-0.2, -0.15) is 0 Å². The van der Waals surface area contributed by atoms with E-state index in [0.717, 1.165) is 0 Å². The summed E-state index contributed by atoms with van der Waals surface area (Å²) < 4.78 is 0. The van der Waals surface area contributed by atoms with Gasteiger partial charge in [-0.15, -0.1) is 24.8 Å². The summed E-state index contributed by atoms with van der Waals surface area (Å²) in [7, 11) is 0. The number of benzene rings is 1. The molecular formula is C8H10Cl2O4. The van der Waals surface area contributed by atoms with Crippen molar-refractivity contribution in [3.63, 3.8) is 0 Å². The molecule has 0 unspecified atom stereocenters. The molecule has 1 aromatic carbocycles. The smallest absolute Gasteiger partial charge is 0.251 e. The predicted octanol–water partition coefficient (Wildman–Crippen LogP) is 1.78. The quantitative estimate of drug-likeness (QED) is 0.350. The summed E-state index contributed by atoms with van der Waals surface area (Å²) in [6.45, 7) is 0.0167. The predicted molar refractivity (Wildman–Crippen MR) is 55.2 cm³/mol. The zero-order valence-corrected chi connectivity index (χ0v) is 8.70. The van der Waals surface area contributed by atoms with Crippen molar-refractivity contribution >= 4 is 37.8 Å². The van der Waals surface area contributed by atoms with Crippen molar-refractivity contribution < 1.29 is 19.4 Å². The van der Waals surface area contributed by atoms with Gasteiger partial charge in [-0.05, 0) is 0 Å². The summed E-state index contributed by atoms with van der Waals surface area (Å²) in [5, 5.41) is 0. The van der Waals surface area contributed by atoms with E-state index in [1.807, 2.05) is 36.4 Å². The Kier molecular flexibility index (Phi) is 23.4. The van der Waals surface area contributed by atoms with Crippen molar-refractivity contribution in [3.05, 3.63) is 36.4 Å². The first kappa shape index (κ1) is 18.5. The lowest BCUT2D eigenvalue weighted by Crippen LogP contribution is -1.85. The molecule has 0 aliphatic heterocycles. The van der Waals surface area contributed by atoms with Gasteiger partial charge < -0.3 is 0 Å². The van der Waals surface area contributed by atoms with Gasteiger partial charge in [-0.3, -0.25) is 19.4 Å². The van der Waals surface area contributed by atoms with E-state index in [0.29, 0.717) is 0 Å². The lowest BCUT2D eigenvalue weighted by molar-refractivity contribution is -0.235. The number of hydrogen-bond acceptors (Lipinski definition) is 4. The third-order valence-corrected chi connectivity index (χ3v) is 0.801. The van der Waals surface area contributed by atoms with Crippen LogP contribution in [0.3, 0.4) is 0 Å². The van der Waals surface area contributed by atoms with Crippen molar-refractivity contribution in [2.24, 2.45) is 0 Å². The highest BCUT2D eigenvalue weighted by molar-refractivity contribution is 5.85. The SMILES string of the molecule is Cl.Cl.O=COOC=O.c1ccccc1. The first-order valence-electron chi connectivity index (χ1n) is 3.11. The van der Waals surface area contributed by atoms with E-state index in [1.54, 1.807) is 0 Å². The van der Waals surface area contributed by atoms with Crippen molar-refractivity contribution in [3.8, 4) is 0 Å². The second-order valence-electron chi connectivity index (χ2n) is 1.54. The van der Waals surface area contributed by atoms with E-state index in [2.05, 4.69) is 9.78 Å². The molecule has 0 N–H and O–H groups in total. The molecule has 0 atom stereocenters. The highest BCUT2D eigenvalue weighted by Crippen LogP contribution is 1.79. The molecule has 14 heavy (non-hydrogen) atoms. The minimum Gasteiger partial charge on any atom is -0.251 e. The summed E-state index contributed by atoms with van der Waals surface area (Å²) in [6.07, 6.45) is 0. The third kappa shape index (κ3) is 17.0. The Labute approximate surface area is 94.0 Å². The van der Waals surface area contributed by atoms with Crippen LogP contribution in [0.15, 0.2) is 36.4 Å². The van der Waals surface area contributed by atoms with Gasteiger partial charge in [0.15, 0.2) is 0 Å². The van der Waals surface area contributed by atoms with Crippen LogP contribution in [0.4, 0.5) is 0 Å². The molecule has 0 saturated carbocycles. The Balaban J connectivity index is -0.000000151. The third-order valence-electron chi connectivity index (χ3n) is 0.801. The molecule has 0 bridgehead atoms. The molecule has 6 heteroatoms. The first-order chi connectivity index (χ1) is 5.91. The van der Waals surface area contributed by atoms with Crippen molar-refractivity contribution in [2.75, 3.05) is 0 Å². The molecule has 80 valence electrons. The summed E-state index contributed by atoms with van der Waals surface area (Å²) in [5.41, 5.74) is 0. The maximum Gasteiger partial charge on any atom is 0.344 e. The van der Waals surface area contributed by atoms with Gasteiger partial charge in [0.2, 0.25) is 0 Å². The number of halogens is 2. The molecule has 0 heterocycles. The molecule has 0 spiro atoms. The minimum absolute atomic E-state index is 0. The average molecular weight is 241 g/mol. The fraction of sp³-hybridized carbons (Fsp3) is 0. The van der Waals surface area contributed by atoms with Crippen LogP contribution in [0.25, 0.3) is 0 Å². The van der Waals surface area contributed by atoms with E-state index < -0.39 is 0 Å². The van der Waals surface area contributed by atoms with Gasteiger partial charge in [-0.1, -0.05) is 36.4 Å². The van der Waals surface area contributed by atoms with E-state index >= 15 is 0 Å². The molecule has 1 rings (SSSR count). The Bertz CT molecular complexity index is 171. The number of carbonyl (C=O) groups excluding carboxylic acids is 2. The molecule has 0 saturated heterocycles. The van der Waals surface area contributed by atoms with Gasteiger partial charge >= 0.3 is 12.9 Å². The van der Waals surface area contributed by atoms with Crippen molar-refractivity contribution in [2.45, 2.75) is 0 Å². The largest absolute Gasteiger partial charge is 0.344 e. The lowest BCUT2D eigenvalue weighted by Gasteiger charge is -1.80. The zero-order chi connectivity index (χ0) is 9.07. The highest BCUT2D eigenvalue weighted by atomic mass is 35.5. The number of hydrogen-bond donors (Lipinski definition) is 0. The lowest BCUT2D eigenvalue weighted by atomic mass is 10.4. The molecule has 1 aromatic rings. The van der Waals surface area contributed by atoms with Gasteiger partial charge in [0.25, 0.3) is 0 Å². The summed E-state index contributed by atoms with van der Waals surface area (Å²) in [6, 6.07) is 12.0. The fourth-order valence-corrected chi connectivity index (χ4v) is 0.430. The Morgan fingerprint density at radius 2 is 0.857 bits per heavy atom. The molecule has 0 fully saturated rings. The second kappa shape index (κ2) is 17.7. The Morgan fingerprint density at radius 1 is 0.643 bits per heavy atom. The molecular weight excluding hydrogens is 231 g/mol. The van der Waals surface area contributed by atoms with Crippen LogP contribution >= 0.6 is 24.8 Å². The van der Waals surface area contributed by atoms with Crippen LogP contribution in [0.5, 0.6) is 0 Å². The van der Waals surface area contributed by atoms with Crippen LogP contribution in [-0.4, -0.2) is 12.9 Å². The number of carbonyl (C=O) groups is 2. The van der Waals surface area contributed by atoms with Crippen LogP contribution in [0.1, 0.15) is 0 Å². The van der Waals surface area contributed by atoms with Crippen molar-refractivity contribution in [1.82, 2.24) is 0 Å². The molecule has 0 amide bonds. The summed E-state index contributed by atoms with van der Waals surface area (Å²) >= 11 is 0. The molecule has 0 aliphatic rings. The van der Waals surface area contributed by atoms with Crippen LogP contribution in [0.2, 0.25) is 0 Å². The first-order valence-corrected chi connectivity index (χ1v) is 3.11. The Morgan fingerprint density at radius 3 is 1.00 bits per heavy atom. The van der Waals surface area contributed by atoms with Crippen LogP contribution < -0.4 is 0 Å². The zero-order valence-electron chi connectivity index (χ0n) is 7.07. The van der Waals surface area contributed by atoms with Crippen LogP contribution in [0, 0.1) is 0 Å². The van der Waals surface area contributed by atoms with Crippen LogP contribution in [-0.2, 0) is 19.4 Å². The maximum atomic E-state index is 9.06. The van der Waals surface area contributed by atoms with E-state index in [4.69, 9.17) is 9.59 Å². The fourth-order valence-electron chi connectivity index (χ4n) is 0.430. The van der Waals surface area contributed by atoms with Gasteiger partial charge in [0.05, 0.1) is 0 Å². The minimum atomic E-state index is 0. The molecule has 4 nitrogen and oxygen atoms in total. The summed E-state index contributed by atoms with van der Waals surface area (Å²) in [5.74, 6) is 0. The molecule has 0 radical (unpaired) electrons. The van der Waals surface area contributed by atoms with E-state index in [-0.39, 0.29) is 37.8 Å². The molecule has 0 aromatic heterocycles. The van der Waals surface area contributed by atoms with Crippen molar-refractivity contribution in [1.29, 1.82) is 0 Å². The standard InChI is InChI=1S/C6H6.C2H2O4.2ClH/c1-2-4-6-5-3-1;3-1-5-6-2-4;;/h1-6H;1-2H;2*1H. The number of rotatable bonds is 3. The maximum absolute atomic E-state index is 9.06. The highest BCUT2D eigenvalue weighted by Gasteiger charge is 1.68. The van der Waals surface area contributed by atoms with Gasteiger partial charge in [0.1, 0.15) is 0 Å². The monoisotopic (exact) mass is 240 g/mol. The molecule has 0 aliphatic carbocycles. The topological polar surface area (TPSA) is 52.6 Å². The van der Waals surface area contributed by atoms with Gasteiger partial charge in [-0.25, -0.2) is 0 Å². The van der Waals surface area contributed by atoms with E-state index in [1.165, 1.54) is 0 Å². The van der Waals surface area contributed by atoms with E-state index in [9.17, 15) is 0 Å².